The van der Waals surface area contributed by atoms with Crippen molar-refractivity contribution in [2.75, 3.05) is 11.9 Å². The lowest BCUT2D eigenvalue weighted by molar-refractivity contribution is 0.835. The fraction of sp³-hybridized carbons (Fsp3) is 0.400. The fourth-order valence-electron chi connectivity index (χ4n) is 1.22. The molecule has 1 unspecified atom stereocenters. The van der Waals surface area contributed by atoms with Gasteiger partial charge < -0.3 is 5.32 Å². The Morgan fingerprint density at radius 3 is 3.27 bits per heavy atom. The van der Waals surface area contributed by atoms with Crippen LogP contribution in [0.1, 0.15) is 13.3 Å². The number of alkyl halides is 1. The number of halogens is 1. The summed E-state index contributed by atoms with van der Waals surface area (Å²) in [4.78, 5) is 9.62. The van der Waals surface area contributed by atoms with Crippen LogP contribution in [0.5, 0.6) is 0 Å². The van der Waals surface area contributed by atoms with E-state index in [-0.39, 0.29) is 5.38 Å². The van der Waals surface area contributed by atoms with Crippen LogP contribution in [0.15, 0.2) is 17.6 Å². The summed E-state index contributed by atoms with van der Waals surface area (Å²) in [6, 6.07) is 2.02. The van der Waals surface area contributed by atoms with Crippen molar-refractivity contribution in [2.45, 2.75) is 18.7 Å². The van der Waals surface area contributed by atoms with E-state index in [0.717, 1.165) is 23.2 Å². The molecule has 80 valence electrons. The van der Waals surface area contributed by atoms with E-state index in [1.165, 1.54) is 0 Å². The first kappa shape index (κ1) is 10.6. The van der Waals surface area contributed by atoms with Gasteiger partial charge in [0.25, 0.3) is 0 Å². The monoisotopic (exact) mass is 241 g/mol. The molecule has 1 atom stereocenters. The Bertz CT molecular complexity index is 441. The van der Waals surface area contributed by atoms with Crippen LogP contribution >= 0.6 is 22.9 Å². The summed E-state index contributed by atoms with van der Waals surface area (Å²) in [5.41, 5.74) is 0. The lowest BCUT2D eigenvalue weighted by atomic mass is 10.3. The molecule has 0 amide bonds. The van der Waals surface area contributed by atoms with E-state index in [1.54, 1.807) is 11.3 Å². The number of hydrogen-bond acceptors (Lipinski definition) is 4. The van der Waals surface area contributed by atoms with Crippen molar-refractivity contribution < 1.29 is 0 Å². The molecule has 0 spiro atoms. The zero-order valence-electron chi connectivity index (χ0n) is 8.40. The van der Waals surface area contributed by atoms with Gasteiger partial charge >= 0.3 is 0 Å². The second kappa shape index (κ2) is 4.77. The van der Waals surface area contributed by atoms with E-state index in [2.05, 4.69) is 15.3 Å². The number of aromatic nitrogens is 2. The summed E-state index contributed by atoms with van der Waals surface area (Å²) >= 11 is 7.47. The first-order valence-corrected chi connectivity index (χ1v) is 6.15. The molecule has 0 aliphatic carbocycles. The van der Waals surface area contributed by atoms with Gasteiger partial charge in [0.05, 0.1) is 0 Å². The van der Waals surface area contributed by atoms with Crippen LogP contribution in [0.25, 0.3) is 10.2 Å². The average molecular weight is 242 g/mol. The van der Waals surface area contributed by atoms with E-state index in [4.69, 9.17) is 11.6 Å². The quantitative estimate of drug-likeness (QED) is 0.836. The Hall–Kier alpha value is -0.870. The van der Waals surface area contributed by atoms with Gasteiger partial charge in [0, 0.05) is 23.5 Å². The number of fused-ring (bicyclic) bond motifs is 1. The third kappa shape index (κ3) is 2.79. The normalized spacial score (nSPS) is 12.9. The van der Waals surface area contributed by atoms with Crippen molar-refractivity contribution in [3.63, 3.8) is 0 Å². The minimum absolute atomic E-state index is 0.183. The summed E-state index contributed by atoms with van der Waals surface area (Å²) in [5, 5.41) is 6.45. The minimum atomic E-state index is 0.183. The zero-order chi connectivity index (χ0) is 10.7. The Kier molecular flexibility index (Phi) is 3.38. The largest absolute Gasteiger partial charge is 0.354 e. The lowest BCUT2D eigenvalue weighted by Crippen LogP contribution is -2.08. The van der Waals surface area contributed by atoms with E-state index < -0.39 is 0 Å². The van der Waals surface area contributed by atoms with Gasteiger partial charge in [-0.3, -0.25) is 0 Å². The Morgan fingerprint density at radius 2 is 2.47 bits per heavy atom. The van der Waals surface area contributed by atoms with Crippen molar-refractivity contribution in [1.29, 1.82) is 0 Å². The SMILES string of the molecule is CC(Cl)CCNc1ncc2ccsc2n1. The highest BCUT2D eigenvalue weighted by Crippen LogP contribution is 2.18. The Labute approximate surface area is 97.5 Å². The lowest BCUT2D eigenvalue weighted by Gasteiger charge is -2.05. The van der Waals surface area contributed by atoms with Gasteiger partial charge in [-0.15, -0.1) is 22.9 Å². The van der Waals surface area contributed by atoms with Crippen LogP contribution in [-0.2, 0) is 0 Å². The summed E-state index contributed by atoms with van der Waals surface area (Å²) in [6.45, 7) is 2.79. The molecular weight excluding hydrogens is 230 g/mol. The van der Waals surface area contributed by atoms with Gasteiger partial charge in [0.15, 0.2) is 0 Å². The molecule has 0 fully saturated rings. The number of nitrogens with zero attached hydrogens (tertiary/aromatic N) is 2. The molecule has 0 aliphatic rings. The second-order valence-corrected chi connectivity index (χ2v) is 5.01. The molecule has 1 N–H and O–H groups in total. The molecule has 0 saturated heterocycles. The number of hydrogen-bond donors (Lipinski definition) is 1. The second-order valence-electron chi connectivity index (χ2n) is 3.37. The maximum Gasteiger partial charge on any atom is 0.224 e. The molecule has 0 aliphatic heterocycles. The minimum Gasteiger partial charge on any atom is -0.354 e. The van der Waals surface area contributed by atoms with Crippen LogP contribution in [0, 0.1) is 0 Å². The van der Waals surface area contributed by atoms with Crippen LogP contribution < -0.4 is 5.32 Å². The number of anilines is 1. The first-order chi connectivity index (χ1) is 7.25. The van der Waals surface area contributed by atoms with E-state index in [1.807, 2.05) is 24.6 Å². The average Bonchev–Trinajstić information content (AvgIpc) is 2.64. The molecule has 5 heteroatoms. The van der Waals surface area contributed by atoms with Gasteiger partial charge in [-0.25, -0.2) is 9.97 Å². The maximum atomic E-state index is 5.84. The van der Waals surface area contributed by atoms with Crippen molar-refractivity contribution in [3.05, 3.63) is 17.6 Å². The highest BCUT2D eigenvalue weighted by Gasteiger charge is 2.01. The molecular formula is C10H12ClN3S. The highest BCUT2D eigenvalue weighted by molar-refractivity contribution is 7.16. The summed E-state index contributed by atoms with van der Waals surface area (Å²) in [7, 11) is 0. The molecule has 15 heavy (non-hydrogen) atoms. The number of nitrogens with one attached hydrogen (secondary N) is 1. The van der Waals surface area contributed by atoms with E-state index >= 15 is 0 Å². The Morgan fingerprint density at radius 1 is 1.60 bits per heavy atom. The molecule has 2 aromatic rings. The number of rotatable bonds is 4. The fourth-order valence-corrected chi connectivity index (χ4v) is 2.07. The third-order valence-corrected chi connectivity index (χ3v) is 3.07. The predicted octanol–water partition coefficient (Wildman–Crippen LogP) is 3.12. The molecule has 0 saturated carbocycles. The van der Waals surface area contributed by atoms with Crippen LogP contribution in [0.4, 0.5) is 5.95 Å². The summed E-state index contributed by atoms with van der Waals surface area (Å²) < 4.78 is 0. The van der Waals surface area contributed by atoms with Crippen molar-refractivity contribution in [1.82, 2.24) is 9.97 Å². The molecule has 0 radical (unpaired) electrons. The van der Waals surface area contributed by atoms with Crippen LogP contribution in [0.3, 0.4) is 0 Å². The van der Waals surface area contributed by atoms with Gasteiger partial charge in [-0.2, -0.15) is 0 Å². The molecule has 2 aromatic heterocycles. The van der Waals surface area contributed by atoms with Crippen molar-refractivity contribution >= 4 is 39.1 Å². The summed E-state index contributed by atoms with van der Waals surface area (Å²) in [6.07, 6.45) is 2.75. The summed E-state index contributed by atoms with van der Waals surface area (Å²) in [5.74, 6) is 0.683. The predicted molar refractivity (Wildman–Crippen MR) is 65.8 cm³/mol. The van der Waals surface area contributed by atoms with Gasteiger partial charge in [-0.1, -0.05) is 0 Å². The van der Waals surface area contributed by atoms with E-state index in [0.29, 0.717) is 5.95 Å². The zero-order valence-corrected chi connectivity index (χ0v) is 9.98. The van der Waals surface area contributed by atoms with Gasteiger partial charge in [0.1, 0.15) is 4.83 Å². The molecule has 0 bridgehead atoms. The standard InChI is InChI=1S/C10H12ClN3S/c1-7(11)2-4-12-10-13-6-8-3-5-15-9(8)14-10/h3,5-7H,2,4H2,1H3,(H,12,13,14). The molecule has 3 nitrogen and oxygen atoms in total. The third-order valence-electron chi connectivity index (χ3n) is 2.03. The van der Waals surface area contributed by atoms with Gasteiger partial charge in [0.2, 0.25) is 5.95 Å². The smallest absolute Gasteiger partial charge is 0.224 e. The van der Waals surface area contributed by atoms with Crippen molar-refractivity contribution in [3.8, 4) is 0 Å². The van der Waals surface area contributed by atoms with Crippen LogP contribution in [-0.4, -0.2) is 21.9 Å². The molecule has 0 aromatic carbocycles. The van der Waals surface area contributed by atoms with Crippen LogP contribution in [0.2, 0.25) is 0 Å². The highest BCUT2D eigenvalue weighted by atomic mass is 35.5. The maximum absolute atomic E-state index is 5.84. The molecule has 2 rings (SSSR count). The Balaban J connectivity index is 2.02. The topological polar surface area (TPSA) is 37.8 Å². The van der Waals surface area contributed by atoms with E-state index in [9.17, 15) is 0 Å². The molecule has 2 heterocycles. The number of thiophene rings is 1. The van der Waals surface area contributed by atoms with Crippen molar-refractivity contribution in [2.24, 2.45) is 0 Å². The first-order valence-electron chi connectivity index (χ1n) is 4.84. The van der Waals surface area contributed by atoms with Gasteiger partial charge in [-0.05, 0) is 24.8 Å².